The fourth-order valence-electron chi connectivity index (χ4n) is 1.53. The maximum absolute atomic E-state index is 4.22. The van der Waals surface area contributed by atoms with Gasteiger partial charge >= 0.3 is 0 Å². The van der Waals surface area contributed by atoms with Gasteiger partial charge in [-0.15, -0.1) is 0 Å². The van der Waals surface area contributed by atoms with Gasteiger partial charge in [0.05, 0.1) is 0 Å². The maximum Gasteiger partial charge on any atom is 0.0303 e. The van der Waals surface area contributed by atoms with Crippen LogP contribution in [0.1, 0.15) is 34.6 Å². The van der Waals surface area contributed by atoms with Crippen LogP contribution in [0.3, 0.4) is 0 Å². The largest absolute Gasteiger partial charge is 0.264 e. The fourth-order valence-corrected chi connectivity index (χ4v) is 1.53. The number of rotatable bonds is 6. The van der Waals surface area contributed by atoms with Crippen molar-refractivity contribution in [2.75, 3.05) is 0 Å². The quantitative estimate of drug-likeness (QED) is 0.435. The second kappa shape index (κ2) is 8.25. The average Bonchev–Trinajstić information content (AvgIpc) is 2.28. The Bertz CT molecular complexity index is 490. The minimum atomic E-state index is 0.931. The summed E-state index contributed by atoms with van der Waals surface area (Å²) in [5, 5.41) is 0. The van der Waals surface area contributed by atoms with E-state index in [1.165, 1.54) is 5.57 Å². The van der Waals surface area contributed by atoms with E-state index in [0.717, 1.165) is 27.9 Å². The van der Waals surface area contributed by atoms with Crippen molar-refractivity contribution in [3.63, 3.8) is 0 Å². The molecule has 0 heterocycles. The van der Waals surface area contributed by atoms with Crippen molar-refractivity contribution >= 4 is 6.21 Å². The molecule has 0 aliphatic rings. The van der Waals surface area contributed by atoms with Crippen LogP contribution in [-0.4, -0.2) is 6.21 Å². The van der Waals surface area contributed by atoms with Crippen LogP contribution >= 0.6 is 0 Å². The molecule has 0 bridgehead atoms. The van der Waals surface area contributed by atoms with Gasteiger partial charge < -0.3 is 0 Å². The van der Waals surface area contributed by atoms with E-state index in [0.29, 0.717) is 0 Å². The summed E-state index contributed by atoms with van der Waals surface area (Å²) in [4.78, 5) is 4.22. The summed E-state index contributed by atoms with van der Waals surface area (Å²) in [7, 11) is 0. The predicted octanol–water partition coefficient (Wildman–Crippen LogP) is 5.56. The summed E-state index contributed by atoms with van der Waals surface area (Å²) in [6.07, 6.45) is 7.51. The summed E-state index contributed by atoms with van der Waals surface area (Å²) in [5.74, 6) is 0. The number of aliphatic imine (C=N–C) groups is 1. The summed E-state index contributed by atoms with van der Waals surface area (Å²) in [5.41, 5.74) is 6.50. The average molecular weight is 255 g/mol. The third-order valence-electron chi connectivity index (χ3n) is 2.54. The third-order valence-corrected chi connectivity index (χ3v) is 2.54. The van der Waals surface area contributed by atoms with Crippen molar-refractivity contribution in [3.8, 4) is 0 Å². The van der Waals surface area contributed by atoms with Gasteiger partial charge in [0.2, 0.25) is 0 Å². The van der Waals surface area contributed by atoms with E-state index >= 15 is 0 Å². The molecule has 19 heavy (non-hydrogen) atoms. The van der Waals surface area contributed by atoms with Crippen molar-refractivity contribution in [1.29, 1.82) is 0 Å². The predicted molar refractivity (Wildman–Crippen MR) is 88.5 cm³/mol. The van der Waals surface area contributed by atoms with Crippen LogP contribution in [0, 0.1) is 0 Å². The molecule has 0 saturated heterocycles. The second-order valence-electron chi connectivity index (χ2n) is 4.93. The van der Waals surface area contributed by atoms with E-state index in [4.69, 9.17) is 0 Å². The van der Waals surface area contributed by atoms with Gasteiger partial charge in [-0.25, -0.2) is 0 Å². The zero-order valence-corrected chi connectivity index (χ0v) is 12.9. The Labute approximate surface area is 118 Å². The van der Waals surface area contributed by atoms with E-state index in [-0.39, 0.29) is 0 Å². The molecule has 0 aliphatic carbocycles. The van der Waals surface area contributed by atoms with Crippen molar-refractivity contribution in [2.24, 2.45) is 4.99 Å². The van der Waals surface area contributed by atoms with E-state index in [1.54, 1.807) is 6.21 Å². The van der Waals surface area contributed by atoms with Crippen LogP contribution < -0.4 is 0 Å². The van der Waals surface area contributed by atoms with E-state index < -0.39 is 0 Å². The van der Waals surface area contributed by atoms with Gasteiger partial charge in [-0.05, 0) is 63.0 Å². The first-order chi connectivity index (χ1) is 8.79. The Kier molecular flexibility index (Phi) is 7.43. The van der Waals surface area contributed by atoms with Crippen LogP contribution in [0.2, 0.25) is 0 Å². The number of hydrogen-bond donors (Lipinski definition) is 0. The Morgan fingerprint density at radius 3 is 1.95 bits per heavy atom. The molecule has 0 rings (SSSR count). The summed E-state index contributed by atoms with van der Waals surface area (Å²) < 4.78 is 0. The molecule has 102 valence electrons. The normalized spacial score (nSPS) is 12.5. The van der Waals surface area contributed by atoms with Gasteiger partial charge in [-0.2, -0.15) is 0 Å². The first-order valence-corrected chi connectivity index (χ1v) is 6.33. The number of hydrogen-bond acceptors (Lipinski definition) is 1. The zero-order chi connectivity index (χ0) is 15.0. The Balaban J connectivity index is 5.44. The molecular weight excluding hydrogens is 230 g/mol. The molecule has 0 amide bonds. The van der Waals surface area contributed by atoms with Gasteiger partial charge in [-0.1, -0.05) is 37.0 Å². The minimum absolute atomic E-state index is 0.931. The van der Waals surface area contributed by atoms with Crippen LogP contribution in [0.4, 0.5) is 0 Å². The van der Waals surface area contributed by atoms with Crippen molar-refractivity contribution in [2.45, 2.75) is 34.6 Å². The highest BCUT2D eigenvalue weighted by atomic mass is 14.7. The fraction of sp³-hybridized carbons (Fsp3) is 0.278. The van der Waals surface area contributed by atoms with E-state index in [2.05, 4.69) is 44.7 Å². The molecule has 0 fully saturated rings. The lowest BCUT2D eigenvalue weighted by molar-refractivity contribution is 1.27. The van der Waals surface area contributed by atoms with Crippen molar-refractivity contribution in [1.82, 2.24) is 0 Å². The molecule has 0 radical (unpaired) electrons. The summed E-state index contributed by atoms with van der Waals surface area (Å²) in [6.45, 7) is 21.8. The topological polar surface area (TPSA) is 12.4 Å². The molecule has 0 spiro atoms. The molecule has 0 unspecified atom stereocenters. The highest BCUT2D eigenvalue weighted by Gasteiger charge is 2.01. The van der Waals surface area contributed by atoms with Gasteiger partial charge in [0.15, 0.2) is 0 Å². The lowest BCUT2D eigenvalue weighted by Crippen LogP contribution is -1.88. The minimum Gasteiger partial charge on any atom is -0.264 e. The van der Waals surface area contributed by atoms with Crippen molar-refractivity contribution in [3.05, 3.63) is 71.5 Å². The molecule has 0 aromatic heterocycles. The lowest BCUT2D eigenvalue weighted by Gasteiger charge is -2.08. The van der Waals surface area contributed by atoms with E-state index in [9.17, 15) is 0 Å². The summed E-state index contributed by atoms with van der Waals surface area (Å²) in [6, 6.07) is 0. The Morgan fingerprint density at radius 1 is 1.00 bits per heavy atom. The van der Waals surface area contributed by atoms with Crippen molar-refractivity contribution < 1.29 is 0 Å². The van der Waals surface area contributed by atoms with Crippen LogP contribution in [0.5, 0.6) is 0 Å². The first kappa shape index (κ1) is 17.1. The Hall–Kier alpha value is -1.89. The van der Waals surface area contributed by atoms with Gasteiger partial charge in [-0.3, -0.25) is 4.99 Å². The third kappa shape index (κ3) is 6.56. The van der Waals surface area contributed by atoms with E-state index in [1.807, 2.05) is 33.0 Å². The SMILES string of the molecule is C=CC(=C\C(C(=C)C)=C(C)C)/C(C)=C/N=CC(=C)C. The standard InChI is InChI=1S/C18H25N/c1-9-17(10-18(14(4)5)15(6)7)16(8)12-19-11-13(2)3/h9-12H,1-2,4H2,3,5-8H3/b16-12+,17-10+,19-11?. The summed E-state index contributed by atoms with van der Waals surface area (Å²) >= 11 is 0. The molecule has 0 aromatic carbocycles. The molecule has 0 N–H and O–H groups in total. The smallest absolute Gasteiger partial charge is 0.0303 e. The van der Waals surface area contributed by atoms with Crippen LogP contribution in [0.15, 0.2) is 76.5 Å². The lowest BCUT2D eigenvalue weighted by atomic mass is 9.98. The molecule has 1 nitrogen and oxygen atoms in total. The molecule has 0 aromatic rings. The molecular formula is C18H25N. The molecule has 0 saturated carbocycles. The zero-order valence-electron chi connectivity index (χ0n) is 12.9. The van der Waals surface area contributed by atoms with Gasteiger partial charge in [0.25, 0.3) is 0 Å². The number of nitrogens with zero attached hydrogens (tertiary/aromatic N) is 1. The monoisotopic (exact) mass is 255 g/mol. The molecule has 0 aliphatic heterocycles. The number of allylic oxidation sites excluding steroid dienone is 8. The molecule has 1 heteroatoms. The van der Waals surface area contributed by atoms with Gasteiger partial charge in [0.1, 0.15) is 0 Å². The van der Waals surface area contributed by atoms with Gasteiger partial charge in [0, 0.05) is 12.4 Å². The van der Waals surface area contributed by atoms with Crippen LogP contribution in [-0.2, 0) is 0 Å². The highest BCUT2D eigenvalue weighted by Crippen LogP contribution is 2.20. The molecule has 0 atom stereocenters. The second-order valence-corrected chi connectivity index (χ2v) is 4.93. The maximum atomic E-state index is 4.22. The highest BCUT2D eigenvalue weighted by molar-refractivity contribution is 5.77. The Morgan fingerprint density at radius 2 is 1.58 bits per heavy atom. The first-order valence-electron chi connectivity index (χ1n) is 6.33. The van der Waals surface area contributed by atoms with Crippen LogP contribution in [0.25, 0.3) is 0 Å².